The average molecular weight is 399 g/mol. The Bertz CT molecular complexity index is 911. The van der Waals surface area contributed by atoms with Crippen molar-refractivity contribution in [2.24, 2.45) is 0 Å². The molecule has 8 nitrogen and oxygen atoms in total. The fourth-order valence-electron chi connectivity index (χ4n) is 2.48. The van der Waals surface area contributed by atoms with Crippen molar-refractivity contribution in [1.29, 1.82) is 0 Å². The molecule has 1 atom stereocenters. The van der Waals surface area contributed by atoms with Gasteiger partial charge in [0.15, 0.2) is 0 Å². The molecule has 0 aliphatic carbocycles. The molecule has 28 heavy (non-hydrogen) atoms. The Morgan fingerprint density at radius 1 is 1.29 bits per heavy atom. The van der Waals surface area contributed by atoms with Gasteiger partial charge in [0.05, 0.1) is 23.7 Å². The van der Waals surface area contributed by atoms with E-state index < -0.39 is 0 Å². The zero-order valence-corrected chi connectivity index (χ0v) is 16.4. The third kappa shape index (κ3) is 5.23. The largest absolute Gasteiger partial charge is 0.364 e. The van der Waals surface area contributed by atoms with Gasteiger partial charge >= 0.3 is 0 Å². The van der Waals surface area contributed by atoms with Crippen molar-refractivity contribution in [3.05, 3.63) is 60.7 Å². The molecule has 2 heterocycles. The topological polar surface area (TPSA) is 93.3 Å². The van der Waals surface area contributed by atoms with E-state index >= 15 is 0 Å². The SMILES string of the molecule is CC(c1ccon1)N(C)C(=O)Cn1cc(NC(=O)CSc2ccccc2)cn1. The van der Waals surface area contributed by atoms with E-state index in [-0.39, 0.29) is 24.4 Å². The number of carbonyl (C=O) groups excluding carboxylic acids is 2. The minimum atomic E-state index is -0.212. The van der Waals surface area contributed by atoms with Crippen LogP contribution in [0.15, 0.2) is 64.5 Å². The summed E-state index contributed by atoms with van der Waals surface area (Å²) >= 11 is 1.46. The summed E-state index contributed by atoms with van der Waals surface area (Å²) in [5.41, 5.74) is 1.24. The van der Waals surface area contributed by atoms with Crippen molar-refractivity contribution in [3.63, 3.8) is 0 Å². The van der Waals surface area contributed by atoms with Crippen LogP contribution in [-0.4, -0.2) is 44.5 Å². The number of nitrogens with one attached hydrogen (secondary N) is 1. The van der Waals surface area contributed by atoms with Crippen LogP contribution in [0.2, 0.25) is 0 Å². The highest BCUT2D eigenvalue weighted by Crippen LogP contribution is 2.18. The Morgan fingerprint density at radius 2 is 2.07 bits per heavy atom. The standard InChI is InChI=1S/C19H21N5O3S/c1-14(17-8-9-27-22-17)23(2)19(26)12-24-11-15(10-20-24)21-18(25)13-28-16-6-4-3-5-7-16/h3-11,14H,12-13H2,1-2H3,(H,21,25). The summed E-state index contributed by atoms with van der Waals surface area (Å²) in [5, 5.41) is 10.8. The molecule has 2 amide bonds. The summed E-state index contributed by atoms with van der Waals surface area (Å²) in [6.45, 7) is 1.93. The summed E-state index contributed by atoms with van der Waals surface area (Å²) in [6.07, 6.45) is 4.64. The molecule has 1 N–H and O–H groups in total. The van der Waals surface area contributed by atoms with E-state index in [0.717, 1.165) is 4.90 Å². The zero-order valence-electron chi connectivity index (χ0n) is 15.6. The lowest BCUT2D eigenvalue weighted by Crippen LogP contribution is -2.32. The van der Waals surface area contributed by atoms with Gasteiger partial charge in [-0.1, -0.05) is 23.4 Å². The fraction of sp³-hybridized carbons (Fsp3) is 0.263. The number of thioether (sulfide) groups is 1. The van der Waals surface area contributed by atoms with Gasteiger partial charge in [0.1, 0.15) is 18.5 Å². The lowest BCUT2D eigenvalue weighted by atomic mass is 10.2. The number of amides is 2. The van der Waals surface area contributed by atoms with Gasteiger partial charge in [0, 0.05) is 24.2 Å². The van der Waals surface area contributed by atoms with Crippen molar-refractivity contribution in [1.82, 2.24) is 19.8 Å². The summed E-state index contributed by atoms with van der Waals surface area (Å²) in [7, 11) is 1.70. The Kier molecular flexibility index (Phi) is 6.49. The quantitative estimate of drug-likeness (QED) is 0.586. The minimum Gasteiger partial charge on any atom is -0.364 e. The van der Waals surface area contributed by atoms with Gasteiger partial charge in [-0.05, 0) is 19.1 Å². The first-order valence-corrected chi connectivity index (χ1v) is 9.67. The van der Waals surface area contributed by atoms with Crippen LogP contribution in [0.4, 0.5) is 5.69 Å². The number of benzene rings is 1. The number of hydrogen-bond donors (Lipinski definition) is 1. The van der Waals surface area contributed by atoms with Crippen LogP contribution in [-0.2, 0) is 16.1 Å². The molecule has 0 saturated carbocycles. The maximum absolute atomic E-state index is 12.5. The van der Waals surface area contributed by atoms with Crippen molar-refractivity contribution >= 4 is 29.3 Å². The lowest BCUT2D eigenvalue weighted by molar-refractivity contribution is -0.132. The highest BCUT2D eigenvalue weighted by molar-refractivity contribution is 8.00. The number of aromatic nitrogens is 3. The maximum atomic E-state index is 12.5. The van der Waals surface area contributed by atoms with Crippen LogP contribution >= 0.6 is 11.8 Å². The molecule has 0 radical (unpaired) electrons. The first-order valence-electron chi connectivity index (χ1n) is 8.69. The van der Waals surface area contributed by atoms with Crippen LogP contribution < -0.4 is 5.32 Å². The monoisotopic (exact) mass is 399 g/mol. The normalized spacial score (nSPS) is 11.8. The highest BCUT2D eigenvalue weighted by Gasteiger charge is 2.20. The molecular weight excluding hydrogens is 378 g/mol. The number of rotatable bonds is 8. The fourth-order valence-corrected chi connectivity index (χ4v) is 3.20. The van der Waals surface area contributed by atoms with E-state index in [1.807, 2.05) is 37.3 Å². The maximum Gasteiger partial charge on any atom is 0.244 e. The van der Waals surface area contributed by atoms with Gasteiger partial charge in [-0.15, -0.1) is 11.8 Å². The third-order valence-electron chi connectivity index (χ3n) is 4.19. The van der Waals surface area contributed by atoms with Gasteiger partial charge in [-0.3, -0.25) is 14.3 Å². The molecule has 3 rings (SSSR count). The van der Waals surface area contributed by atoms with E-state index in [4.69, 9.17) is 4.52 Å². The number of nitrogens with zero attached hydrogens (tertiary/aromatic N) is 4. The summed E-state index contributed by atoms with van der Waals surface area (Å²) in [6, 6.07) is 11.2. The molecule has 0 fully saturated rings. The molecular formula is C19H21N5O3S. The number of hydrogen-bond acceptors (Lipinski definition) is 6. The van der Waals surface area contributed by atoms with Crippen molar-refractivity contribution < 1.29 is 14.1 Å². The second-order valence-corrected chi connectivity index (χ2v) is 7.23. The molecule has 9 heteroatoms. The zero-order chi connectivity index (χ0) is 19.9. The van der Waals surface area contributed by atoms with Crippen LogP contribution in [0, 0.1) is 0 Å². The number of carbonyl (C=O) groups is 2. The summed E-state index contributed by atoms with van der Waals surface area (Å²) in [4.78, 5) is 27.2. The Hall–Kier alpha value is -3.07. The molecule has 1 aromatic carbocycles. The van der Waals surface area contributed by atoms with E-state index in [9.17, 15) is 9.59 Å². The summed E-state index contributed by atoms with van der Waals surface area (Å²) < 4.78 is 6.32. The molecule has 0 aliphatic rings. The van der Waals surface area contributed by atoms with E-state index in [1.54, 1.807) is 24.2 Å². The van der Waals surface area contributed by atoms with Crippen molar-refractivity contribution in [2.75, 3.05) is 18.1 Å². The van der Waals surface area contributed by atoms with Crippen LogP contribution in [0.25, 0.3) is 0 Å². The molecule has 1 unspecified atom stereocenters. The third-order valence-corrected chi connectivity index (χ3v) is 5.20. The average Bonchev–Trinajstić information content (AvgIpc) is 3.38. The lowest BCUT2D eigenvalue weighted by Gasteiger charge is -2.23. The van der Waals surface area contributed by atoms with Gasteiger partial charge in [0.2, 0.25) is 11.8 Å². The molecule has 0 aliphatic heterocycles. The molecule has 146 valence electrons. The summed E-state index contributed by atoms with van der Waals surface area (Å²) in [5.74, 6) is 0.0409. The van der Waals surface area contributed by atoms with E-state index in [1.165, 1.54) is 28.9 Å². The molecule has 0 saturated heterocycles. The van der Waals surface area contributed by atoms with E-state index in [2.05, 4.69) is 15.6 Å². The first-order chi connectivity index (χ1) is 13.5. The Labute approximate surface area is 166 Å². The van der Waals surface area contributed by atoms with Gasteiger partial charge in [-0.2, -0.15) is 5.10 Å². The minimum absolute atomic E-state index is 0.0628. The van der Waals surface area contributed by atoms with Gasteiger partial charge < -0.3 is 14.7 Å². The van der Waals surface area contributed by atoms with Gasteiger partial charge in [0.25, 0.3) is 0 Å². The smallest absolute Gasteiger partial charge is 0.244 e. The first kappa shape index (κ1) is 19.7. The predicted octanol–water partition coefficient (Wildman–Crippen LogP) is 2.82. The van der Waals surface area contributed by atoms with Gasteiger partial charge in [-0.25, -0.2) is 0 Å². The van der Waals surface area contributed by atoms with Crippen molar-refractivity contribution in [3.8, 4) is 0 Å². The van der Waals surface area contributed by atoms with Crippen LogP contribution in [0.1, 0.15) is 18.7 Å². The highest BCUT2D eigenvalue weighted by atomic mass is 32.2. The second-order valence-electron chi connectivity index (χ2n) is 6.18. The number of likely N-dealkylation sites (N-methyl/N-ethyl adjacent to an activating group) is 1. The van der Waals surface area contributed by atoms with Crippen molar-refractivity contribution in [2.45, 2.75) is 24.4 Å². The van der Waals surface area contributed by atoms with E-state index in [0.29, 0.717) is 17.1 Å². The molecule has 0 bridgehead atoms. The molecule has 0 spiro atoms. The second kappa shape index (κ2) is 9.23. The Morgan fingerprint density at radius 3 is 2.79 bits per heavy atom. The van der Waals surface area contributed by atoms with Crippen LogP contribution in [0.3, 0.4) is 0 Å². The molecule has 2 aromatic heterocycles. The predicted molar refractivity (Wildman–Crippen MR) is 106 cm³/mol. The van der Waals surface area contributed by atoms with Crippen LogP contribution in [0.5, 0.6) is 0 Å². The number of anilines is 1. The molecule has 3 aromatic rings. The Balaban J connectivity index is 1.49.